The van der Waals surface area contributed by atoms with Gasteiger partial charge in [0.15, 0.2) is 0 Å². The molecule has 0 amide bonds. The van der Waals surface area contributed by atoms with E-state index < -0.39 is 0 Å². The van der Waals surface area contributed by atoms with Crippen molar-refractivity contribution in [3.8, 4) is 0 Å². The van der Waals surface area contributed by atoms with Gasteiger partial charge in [-0.15, -0.1) is 0 Å². The van der Waals surface area contributed by atoms with Crippen LogP contribution in [-0.2, 0) is 49.7 Å². The molecule has 5 heteroatoms. The second-order valence-electron chi connectivity index (χ2n) is 0. The van der Waals surface area contributed by atoms with Crippen LogP contribution in [0.1, 0.15) is 0 Å². The van der Waals surface area contributed by atoms with E-state index in [4.69, 9.17) is 0 Å². The van der Waals surface area contributed by atoms with Crippen LogP contribution in [0, 0.1) is 0 Å². The Bertz CT molecular complexity index is 11.6. The van der Waals surface area contributed by atoms with Crippen LogP contribution in [0.25, 0.3) is 0 Å². The molecule has 0 aromatic carbocycles. The van der Waals surface area contributed by atoms with Crippen LogP contribution in [0.4, 0.5) is 0 Å². The topological polar surface area (TPSA) is 0 Å². The molecule has 0 aromatic heterocycles. The molecule has 35 valence electrons. The Hall–Kier alpha value is 4.23. The third-order valence-corrected chi connectivity index (χ3v) is 0. The van der Waals surface area contributed by atoms with Crippen molar-refractivity contribution in [3.63, 3.8) is 0 Å². The fraction of sp³-hybridized carbons (Fsp3) is 0. The molecule has 0 heterocycles. The molecule has 5 heavy (non-hydrogen) atoms. The first-order valence-electron chi connectivity index (χ1n) is 0. The van der Waals surface area contributed by atoms with Crippen LogP contribution in [0.5, 0.6) is 0 Å². The zero-order chi connectivity index (χ0) is 0. The Kier molecular flexibility index (Phi) is 168. The molecule has 0 spiro atoms. The fourth-order valence-electron chi connectivity index (χ4n) is 0. The molecule has 0 nitrogen and oxygen atoms in total. The average molecular weight is 764 g/mol. The maximum atomic E-state index is 0. The third-order valence-electron chi connectivity index (χ3n) is 0. The minimum atomic E-state index is 0. The Morgan fingerprint density at radius 2 is 1.00 bits per heavy atom. The van der Waals surface area contributed by atoms with Gasteiger partial charge < -0.3 is 0 Å². The normalized spacial score (nSPS) is 0. The van der Waals surface area contributed by atoms with E-state index in [1.54, 1.807) is 0 Å². The summed E-state index contributed by atoms with van der Waals surface area (Å²) < 4.78 is 0. The SMILES string of the molecule is [Au].[BiH3].[Cd].[InH3].[SbH3]. The number of rotatable bonds is 0. The van der Waals surface area contributed by atoms with Gasteiger partial charge in [-0.3, -0.25) is 0 Å². The summed E-state index contributed by atoms with van der Waals surface area (Å²) >= 11 is 0. The predicted molar refractivity (Wildman–Crippen MR) is 29.8 cm³/mol. The van der Waals surface area contributed by atoms with Gasteiger partial charge in [0.1, 0.15) is 0 Å². The molecule has 0 unspecified atom stereocenters. The molecule has 0 saturated carbocycles. The van der Waals surface area contributed by atoms with Crippen LogP contribution >= 0.6 is 0 Å². The first-order valence-corrected chi connectivity index (χ1v) is 0. The van der Waals surface area contributed by atoms with E-state index in [-0.39, 0.29) is 126 Å². The van der Waals surface area contributed by atoms with Crippen LogP contribution < -0.4 is 0 Å². The first-order chi connectivity index (χ1) is 0. The van der Waals surface area contributed by atoms with Crippen molar-refractivity contribution in [1.82, 2.24) is 0 Å². The summed E-state index contributed by atoms with van der Waals surface area (Å²) in [5, 5.41) is 0. The summed E-state index contributed by atoms with van der Waals surface area (Å²) in [4.78, 5) is 0. The summed E-state index contributed by atoms with van der Waals surface area (Å²) in [7, 11) is 0. The van der Waals surface area contributed by atoms with Crippen molar-refractivity contribution in [1.29, 1.82) is 0 Å². The Labute approximate surface area is 123 Å². The molecule has 0 rings (SSSR count). The van der Waals surface area contributed by atoms with Gasteiger partial charge in [-0.05, 0) is 0 Å². The fourth-order valence-corrected chi connectivity index (χ4v) is 0. The van der Waals surface area contributed by atoms with Gasteiger partial charge in [0.25, 0.3) is 0 Å². The van der Waals surface area contributed by atoms with Gasteiger partial charge in [-0.2, -0.15) is 0 Å². The van der Waals surface area contributed by atoms with Crippen molar-refractivity contribution in [3.05, 3.63) is 0 Å². The Balaban J connectivity index is 0. The number of hydrogen-bond acceptors (Lipinski definition) is 0. The molecule has 0 aliphatic heterocycles. The second-order valence-corrected chi connectivity index (χ2v) is 0. The van der Waals surface area contributed by atoms with Gasteiger partial charge in [0.2, 0.25) is 0 Å². The van der Waals surface area contributed by atoms with Crippen molar-refractivity contribution in [2.45, 2.75) is 0 Å². The molecule has 0 saturated heterocycles. The van der Waals surface area contributed by atoms with Crippen molar-refractivity contribution in [2.75, 3.05) is 0 Å². The molecule has 0 aromatic rings. The molecule has 0 bridgehead atoms. The monoisotopic (exact) mass is 765 g/mol. The van der Waals surface area contributed by atoms with E-state index in [1.807, 2.05) is 0 Å². The standard InChI is InChI=1S/Au.Bi.Cd.In.Sb.9H. The van der Waals surface area contributed by atoms with Gasteiger partial charge in [-0.25, -0.2) is 0 Å². The van der Waals surface area contributed by atoms with Gasteiger partial charge in [0.05, 0.1) is 0 Å². The van der Waals surface area contributed by atoms with E-state index in [9.17, 15) is 0 Å². The molecule has 0 fully saturated rings. The van der Waals surface area contributed by atoms with Crippen LogP contribution in [-0.4, -0.2) is 76.5 Å². The summed E-state index contributed by atoms with van der Waals surface area (Å²) in [6.45, 7) is 0. The number of hydrogen-bond donors (Lipinski definition) is 0. The van der Waals surface area contributed by atoms with Crippen molar-refractivity contribution < 1.29 is 49.7 Å². The Morgan fingerprint density at radius 1 is 1.00 bits per heavy atom. The predicted octanol–water partition coefficient (Wildman–Crippen LogP) is -3.56. The van der Waals surface area contributed by atoms with E-state index in [1.165, 1.54) is 0 Å². The quantitative estimate of drug-likeness (QED) is 0.225. The zero-order valence-electron chi connectivity index (χ0n) is 2.42. The average Bonchev–Trinajstić information content (AvgIpc) is 0. The van der Waals surface area contributed by atoms with Gasteiger partial charge in [0, 0.05) is 49.7 Å². The molecule has 1 radical (unpaired) electrons. The van der Waals surface area contributed by atoms with Gasteiger partial charge >= 0.3 is 76.5 Å². The van der Waals surface area contributed by atoms with Crippen LogP contribution in [0.3, 0.4) is 0 Å². The molecule has 0 aliphatic rings. The van der Waals surface area contributed by atoms with E-state index in [0.29, 0.717) is 0 Å². The van der Waals surface area contributed by atoms with Crippen molar-refractivity contribution >= 4 is 76.5 Å². The molecule has 0 aliphatic carbocycles. The summed E-state index contributed by atoms with van der Waals surface area (Å²) in [6, 6.07) is 0. The molecule has 0 atom stereocenters. The van der Waals surface area contributed by atoms with E-state index in [0.717, 1.165) is 0 Å². The summed E-state index contributed by atoms with van der Waals surface area (Å²) in [5.41, 5.74) is 0. The second kappa shape index (κ2) is 24.0. The van der Waals surface area contributed by atoms with Crippen LogP contribution in [0.2, 0.25) is 0 Å². The van der Waals surface area contributed by atoms with E-state index >= 15 is 0 Å². The maximum absolute atomic E-state index is 0. The van der Waals surface area contributed by atoms with Crippen molar-refractivity contribution in [2.24, 2.45) is 0 Å². The molecular weight excluding hydrogens is 755 g/mol. The zero-order valence-corrected chi connectivity index (χ0v) is 18.2. The van der Waals surface area contributed by atoms with Crippen LogP contribution in [0.15, 0.2) is 0 Å². The Morgan fingerprint density at radius 3 is 1.00 bits per heavy atom. The van der Waals surface area contributed by atoms with Gasteiger partial charge in [-0.1, -0.05) is 0 Å². The third kappa shape index (κ3) is 17.9. The molecule has 0 N–H and O–H groups in total. The first kappa shape index (κ1) is 34.9. The summed E-state index contributed by atoms with van der Waals surface area (Å²) in [6.07, 6.45) is 0. The van der Waals surface area contributed by atoms with E-state index in [2.05, 4.69) is 0 Å². The molecular formula is H9AuBiCdInSb. The minimum absolute atomic E-state index is 0. The summed E-state index contributed by atoms with van der Waals surface area (Å²) in [5.74, 6) is 0.